The summed E-state index contributed by atoms with van der Waals surface area (Å²) >= 11 is 0. The minimum Gasteiger partial charge on any atom is -0.495 e. The summed E-state index contributed by atoms with van der Waals surface area (Å²) in [7, 11) is 3.39. The molecule has 6 heteroatoms. The van der Waals surface area contributed by atoms with Gasteiger partial charge in [0.1, 0.15) is 5.75 Å². The van der Waals surface area contributed by atoms with Gasteiger partial charge in [-0.3, -0.25) is 4.99 Å². The van der Waals surface area contributed by atoms with E-state index in [1.54, 1.807) is 14.2 Å². The molecule has 0 spiro atoms. The molecule has 0 bridgehead atoms. The van der Waals surface area contributed by atoms with Crippen LogP contribution in [0.2, 0.25) is 0 Å². The Morgan fingerprint density at radius 3 is 2.96 bits per heavy atom. The van der Waals surface area contributed by atoms with Crippen LogP contribution in [0.3, 0.4) is 0 Å². The predicted molar refractivity (Wildman–Crippen MR) is 94.3 cm³/mol. The van der Waals surface area contributed by atoms with Gasteiger partial charge in [-0.15, -0.1) is 0 Å². The third-order valence-electron chi connectivity index (χ3n) is 4.04. The number of benzene rings is 1. The Hall–Kier alpha value is -1.95. The van der Waals surface area contributed by atoms with Crippen molar-refractivity contribution in [1.82, 2.24) is 5.32 Å². The summed E-state index contributed by atoms with van der Waals surface area (Å²) < 4.78 is 10.5. The Kier molecular flexibility index (Phi) is 6.52. The smallest absolute Gasteiger partial charge is 0.188 e. The van der Waals surface area contributed by atoms with Crippen LogP contribution in [0.5, 0.6) is 5.75 Å². The van der Waals surface area contributed by atoms with Crippen LogP contribution in [0.25, 0.3) is 0 Å². The predicted octanol–water partition coefficient (Wildman–Crippen LogP) is 1.46. The number of rotatable bonds is 7. The number of methoxy groups -OCH3 is 2. The van der Waals surface area contributed by atoms with E-state index < -0.39 is 0 Å². The summed E-state index contributed by atoms with van der Waals surface area (Å²) in [5, 5.41) is 3.14. The summed E-state index contributed by atoms with van der Waals surface area (Å²) in [5.74, 6) is 1.93. The van der Waals surface area contributed by atoms with Crippen molar-refractivity contribution in [3.8, 4) is 5.75 Å². The molecular formula is C17H28N4O2. The van der Waals surface area contributed by atoms with Crippen molar-refractivity contribution in [2.45, 2.75) is 19.4 Å². The van der Waals surface area contributed by atoms with E-state index in [1.165, 1.54) is 0 Å². The molecule has 2 rings (SSSR count). The van der Waals surface area contributed by atoms with Crippen LogP contribution < -0.4 is 20.7 Å². The number of aliphatic imine (C=N–C) groups is 1. The molecule has 2 atom stereocenters. The Morgan fingerprint density at radius 2 is 2.22 bits per heavy atom. The zero-order valence-electron chi connectivity index (χ0n) is 14.3. The summed E-state index contributed by atoms with van der Waals surface area (Å²) in [6.07, 6.45) is 1.11. The quantitative estimate of drug-likeness (QED) is 0.588. The summed E-state index contributed by atoms with van der Waals surface area (Å²) in [4.78, 5) is 6.83. The van der Waals surface area contributed by atoms with Crippen molar-refractivity contribution in [1.29, 1.82) is 0 Å². The van der Waals surface area contributed by atoms with Gasteiger partial charge in [-0.1, -0.05) is 12.1 Å². The molecule has 0 unspecified atom stereocenters. The van der Waals surface area contributed by atoms with Crippen molar-refractivity contribution < 1.29 is 9.47 Å². The fraction of sp³-hybridized carbons (Fsp3) is 0.588. The van der Waals surface area contributed by atoms with Gasteiger partial charge in [0, 0.05) is 32.8 Å². The van der Waals surface area contributed by atoms with Gasteiger partial charge in [0.2, 0.25) is 0 Å². The molecule has 0 amide bonds. The van der Waals surface area contributed by atoms with Crippen molar-refractivity contribution in [2.24, 2.45) is 16.6 Å². The number of anilines is 1. The van der Waals surface area contributed by atoms with E-state index in [4.69, 9.17) is 15.2 Å². The van der Waals surface area contributed by atoms with Crippen molar-refractivity contribution in [2.75, 3.05) is 45.4 Å². The average molecular weight is 320 g/mol. The molecule has 1 saturated heterocycles. The maximum atomic E-state index is 5.92. The highest BCUT2D eigenvalue weighted by Gasteiger charge is 2.24. The van der Waals surface area contributed by atoms with Crippen LogP contribution in [-0.2, 0) is 4.74 Å². The Labute approximate surface area is 138 Å². The Balaban J connectivity index is 1.86. The molecular weight excluding hydrogens is 292 g/mol. The van der Waals surface area contributed by atoms with E-state index in [1.807, 2.05) is 25.1 Å². The molecule has 0 radical (unpaired) electrons. The maximum Gasteiger partial charge on any atom is 0.188 e. The molecule has 1 aromatic carbocycles. The molecule has 0 aromatic heterocycles. The molecule has 0 saturated carbocycles. The van der Waals surface area contributed by atoms with Crippen LogP contribution >= 0.6 is 0 Å². The first-order valence-corrected chi connectivity index (χ1v) is 8.07. The largest absolute Gasteiger partial charge is 0.495 e. The normalized spacial score (nSPS) is 19.7. The van der Waals surface area contributed by atoms with E-state index in [-0.39, 0.29) is 6.04 Å². The highest BCUT2D eigenvalue weighted by atomic mass is 16.5. The Bertz CT molecular complexity index is 521. The number of ether oxygens (including phenoxy) is 2. The lowest BCUT2D eigenvalue weighted by molar-refractivity contribution is 0.179. The first kappa shape index (κ1) is 17.4. The van der Waals surface area contributed by atoms with Gasteiger partial charge >= 0.3 is 0 Å². The summed E-state index contributed by atoms with van der Waals surface area (Å²) in [6, 6.07) is 8.31. The fourth-order valence-corrected chi connectivity index (χ4v) is 2.91. The number of nitrogens with one attached hydrogen (secondary N) is 1. The van der Waals surface area contributed by atoms with Gasteiger partial charge in [0.15, 0.2) is 5.96 Å². The Morgan fingerprint density at radius 1 is 1.43 bits per heavy atom. The molecule has 1 fully saturated rings. The van der Waals surface area contributed by atoms with E-state index in [9.17, 15) is 0 Å². The van der Waals surface area contributed by atoms with Gasteiger partial charge in [0.05, 0.1) is 19.4 Å². The van der Waals surface area contributed by atoms with Crippen LogP contribution in [0, 0.1) is 5.92 Å². The van der Waals surface area contributed by atoms with Crippen LogP contribution in [0.1, 0.15) is 13.3 Å². The van der Waals surface area contributed by atoms with Crippen LogP contribution in [-0.4, -0.2) is 52.5 Å². The standard InChI is InChI=1S/C17H28N4O2/c1-13(12-22-2)20-17(18)19-10-14-8-9-21(11-14)15-6-4-5-7-16(15)23-3/h4-7,13-14H,8-12H2,1-3H3,(H3,18,19,20)/t13-,14+/m0/s1. The first-order valence-electron chi connectivity index (χ1n) is 8.07. The second-order valence-electron chi connectivity index (χ2n) is 6.00. The van der Waals surface area contributed by atoms with Crippen molar-refractivity contribution in [3.05, 3.63) is 24.3 Å². The second kappa shape index (κ2) is 8.62. The minimum atomic E-state index is 0.164. The van der Waals surface area contributed by atoms with Gasteiger partial charge in [0.25, 0.3) is 0 Å². The number of hydrogen-bond acceptors (Lipinski definition) is 4. The van der Waals surface area contributed by atoms with Crippen LogP contribution in [0.4, 0.5) is 5.69 Å². The summed E-state index contributed by atoms with van der Waals surface area (Å²) in [5.41, 5.74) is 7.08. The molecule has 128 valence electrons. The zero-order valence-corrected chi connectivity index (χ0v) is 14.3. The van der Waals surface area contributed by atoms with E-state index in [0.29, 0.717) is 18.5 Å². The molecule has 1 aliphatic rings. The zero-order chi connectivity index (χ0) is 16.7. The van der Waals surface area contributed by atoms with Gasteiger partial charge in [-0.25, -0.2) is 0 Å². The molecule has 1 aliphatic heterocycles. The molecule has 1 aromatic rings. The highest BCUT2D eigenvalue weighted by molar-refractivity contribution is 5.78. The molecule has 1 heterocycles. The minimum absolute atomic E-state index is 0.164. The molecule has 6 nitrogen and oxygen atoms in total. The fourth-order valence-electron chi connectivity index (χ4n) is 2.91. The number of guanidine groups is 1. The SMILES string of the molecule is COC[C@H](C)NC(N)=NC[C@H]1CCN(c2ccccc2OC)C1. The third-order valence-corrected chi connectivity index (χ3v) is 4.04. The van der Waals surface area contributed by atoms with E-state index >= 15 is 0 Å². The topological polar surface area (TPSA) is 72.1 Å². The third kappa shape index (κ3) is 5.03. The summed E-state index contributed by atoms with van der Waals surface area (Å²) in [6.45, 7) is 5.37. The number of nitrogens with zero attached hydrogens (tertiary/aromatic N) is 2. The second-order valence-corrected chi connectivity index (χ2v) is 6.00. The van der Waals surface area contributed by atoms with Gasteiger partial charge in [-0.2, -0.15) is 0 Å². The number of para-hydroxylation sites is 2. The number of nitrogens with two attached hydrogens (primary N) is 1. The molecule has 0 aliphatic carbocycles. The van der Waals surface area contributed by atoms with Crippen molar-refractivity contribution >= 4 is 11.6 Å². The highest BCUT2D eigenvalue weighted by Crippen LogP contribution is 2.31. The average Bonchev–Trinajstić information content (AvgIpc) is 3.02. The lowest BCUT2D eigenvalue weighted by atomic mass is 10.1. The van der Waals surface area contributed by atoms with Gasteiger partial charge in [-0.05, 0) is 31.4 Å². The van der Waals surface area contributed by atoms with E-state index in [0.717, 1.165) is 37.5 Å². The van der Waals surface area contributed by atoms with Crippen molar-refractivity contribution in [3.63, 3.8) is 0 Å². The van der Waals surface area contributed by atoms with Crippen LogP contribution in [0.15, 0.2) is 29.3 Å². The monoisotopic (exact) mass is 320 g/mol. The number of hydrogen-bond donors (Lipinski definition) is 2. The molecule has 23 heavy (non-hydrogen) atoms. The molecule has 3 N–H and O–H groups in total. The maximum absolute atomic E-state index is 5.92. The van der Waals surface area contributed by atoms with Gasteiger partial charge < -0.3 is 25.4 Å². The first-order chi connectivity index (χ1) is 11.1. The lowest BCUT2D eigenvalue weighted by Crippen LogP contribution is -2.41. The lowest BCUT2D eigenvalue weighted by Gasteiger charge is -2.21. The van der Waals surface area contributed by atoms with E-state index in [2.05, 4.69) is 21.3 Å².